The fourth-order valence-corrected chi connectivity index (χ4v) is 7.01. The third kappa shape index (κ3) is 5.78. The number of pyridine rings is 4. The molecule has 0 radical (unpaired) electrons. The van der Waals surface area contributed by atoms with Gasteiger partial charge in [0, 0.05) is 82.6 Å². The molecule has 0 amide bonds. The molecule has 0 aromatic carbocycles. The van der Waals surface area contributed by atoms with Gasteiger partial charge in [-0.1, -0.05) is 0 Å². The van der Waals surface area contributed by atoms with Crippen LogP contribution in [0.3, 0.4) is 0 Å². The van der Waals surface area contributed by atoms with Crippen LogP contribution in [0.2, 0.25) is 0 Å². The van der Waals surface area contributed by atoms with E-state index in [1.54, 1.807) is 0 Å². The third-order valence-corrected chi connectivity index (χ3v) is 9.46. The van der Waals surface area contributed by atoms with Gasteiger partial charge in [0.15, 0.2) is 12.4 Å². The molecule has 0 saturated heterocycles. The highest BCUT2D eigenvalue weighted by atomic mass is 15.0. The number of nitrogens with two attached hydrogens (primary N) is 1. The number of fused-ring (bicyclic) bond motifs is 8. The number of nitrogens with zero attached hydrogens (tertiary/aromatic N) is 6. The summed E-state index contributed by atoms with van der Waals surface area (Å²) < 4.78 is 2.14. The van der Waals surface area contributed by atoms with Gasteiger partial charge in [-0.05, 0) is 127 Å². The zero-order valence-electron chi connectivity index (χ0n) is 28.2. The van der Waals surface area contributed by atoms with Crippen molar-refractivity contribution in [1.29, 1.82) is 0 Å². The zero-order valence-corrected chi connectivity index (χ0v) is 28.2. The molecule has 0 aliphatic carbocycles. The van der Waals surface area contributed by atoms with E-state index in [2.05, 4.69) is 103 Å². The standard InChI is InChI=1S/C43H34N9/c44-19-1-2-28-17-26-52(27-18-28)43-38-9-7-36(50-38)41(30-13-22-46-23-14-30)34-5-3-32(48-34)40(29-11-20-45-21-12-29)33-4-6-35(49-33)42(31-15-24-47-25-16-31)37-8-10-39(43)51-37/h3-18,20-27,48,51H,1-2,19,44H2/q+1. The molecule has 7 aromatic heterocycles. The molecule has 0 saturated carbocycles. The Bertz CT molecular complexity index is 2600. The van der Waals surface area contributed by atoms with Crippen LogP contribution in [0.4, 0.5) is 0 Å². The summed E-state index contributed by atoms with van der Waals surface area (Å²) in [7, 11) is 0. The molecule has 8 bridgehead atoms. The van der Waals surface area contributed by atoms with Gasteiger partial charge in [0.2, 0.25) is 0 Å². The Morgan fingerprint density at radius 2 is 0.885 bits per heavy atom. The van der Waals surface area contributed by atoms with Gasteiger partial charge >= 0.3 is 0 Å². The van der Waals surface area contributed by atoms with E-state index in [1.807, 2.05) is 73.6 Å². The normalized spacial score (nSPS) is 12.0. The van der Waals surface area contributed by atoms with E-state index in [-0.39, 0.29) is 0 Å². The Kier molecular flexibility index (Phi) is 8.07. The summed E-state index contributed by atoms with van der Waals surface area (Å²) >= 11 is 0. The maximum absolute atomic E-state index is 5.82. The lowest BCUT2D eigenvalue weighted by Gasteiger charge is -2.06. The molecule has 0 fully saturated rings. The monoisotopic (exact) mass is 676 g/mol. The number of aryl methyl sites for hydroxylation is 1. The van der Waals surface area contributed by atoms with E-state index in [4.69, 9.17) is 15.7 Å². The van der Waals surface area contributed by atoms with Crippen LogP contribution in [-0.2, 0) is 6.42 Å². The summed E-state index contributed by atoms with van der Waals surface area (Å²) in [5.41, 5.74) is 21.0. The maximum Gasteiger partial charge on any atom is 0.260 e. The number of nitrogens with one attached hydrogen (secondary N) is 2. The van der Waals surface area contributed by atoms with E-state index in [9.17, 15) is 0 Å². The summed E-state index contributed by atoms with van der Waals surface area (Å²) in [6.07, 6.45) is 25.3. The minimum Gasteiger partial charge on any atom is -0.354 e. The van der Waals surface area contributed by atoms with Crippen molar-refractivity contribution in [2.75, 3.05) is 6.54 Å². The molecular formula is C43H34N9+. The SMILES string of the molecule is NCCCc1cc[n+](-c2c3nc(c(-c4ccncc4)c4ccc([nH]4)c(-c4ccncc4)c4nc(c(-c5ccncc5)c5ccc2[nH]5)C=C4)C=C3)cc1. The van der Waals surface area contributed by atoms with Gasteiger partial charge in [-0.25, -0.2) is 9.97 Å². The lowest BCUT2D eigenvalue weighted by Crippen LogP contribution is -2.31. The molecule has 7 aromatic rings. The van der Waals surface area contributed by atoms with E-state index in [0.29, 0.717) is 6.54 Å². The van der Waals surface area contributed by atoms with E-state index in [1.165, 1.54) is 5.56 Å². The van der Waals surface area contributed by atoms with Gasteiger partial charge in [-0.15, -0.1) is 0 Å². The molecule has 9 heteroatoms. The van der Waals surface area contributed by atoms with Gasteiger partial charge in [-0.3, -0.25) is 15.0 Å². The van der Waals surface area contributed by atoms with Crippen LogP contribution in [0.1, 0.15) is 34.8 Å². The molecule has 9 rings (SSSR count). The van der Waals surface area contributed by atoms with Gasteiger partial charge in [0.25, 0.3) is 5.69 Å². The average molecular weight is 677 g/mol. The molecule has 2 aliphatic heterocycles. The van der Waals surface area contributed by atoms with Gasteiger partial charge < -0.3 is 15.7 Å². The Labute approximate surface area is 300 Å². The molecule has 2 aliphatic rings. The molecule has 4 N–H and O–H groups in total. The Morgan fingerprint density at radius 1 is 0.481 bits per heavy atom. The predicted octanol–water partition coefficient (Wildman–Crippen LogP) is 8.01. The van der Waals surface area contributed by atoms with Crippen molar-refractivity contribution in [3.05, 3.63) is 151 Å². The van der Waals surface area contributed by atoms with E-state index in [0.717, 1.165) is 96.8 Å². The Morgan fingerprint density at radius 3 is 1.35 bits per heavy atom. The summed E-state index contributed by atoms with van der Waals surface area (Å²) in [5.74, 6) is 0. The molecule has 250 valence electrons. The molecule has 0 spiro atoms. The molecule has 0 atom stereocenters. The van der Waals surface area contributed by atoms with Crippen LogP contribution < -0.4 is 10.3 Å². The van der Waals surface area contributed by atoms with Crippen molar-refractivity contribution in [3.63, 3.8) is 0 Å². The summed E-state index contributed by atoms with van der Waals surface area (Å²) in [5, 5.41) is 0. The van der Waals surface area contributed by atoms with Gasteiger partial charge in [0.05, 0.1) is 17.1 Å². The fraction of sp³-hybridized carbons (Fsp3) is 0.0698. The van der Waals surface area contributed by atoms with Crippen LogP contribution in [0.5, 0.6) is 0 Å². The van der Waals surface area contributed by atoms with Crippen LogP contribution in [0, 0.1) is 0 Å². The number of hydrogen-bond acceptors (Lipinski definition) is 6. The van der Waals surface area contributed by atoms with Crippen molar-refractivity contribution in [1.82, 2.24) is 34.9 Å². The predicted molar refractivity (Wildman–Crippen MR) is 207 cm³/mol. The van der Waals surface area contributed by atoms with Crippen molar-refractivity contribution in [2.24, 2.45) is 5.73 Å². The number of hydrogen-bond donors (Lipinski definition) is 3. The quantitative estimate of drug-likeness (QED) is 0.147. The van der Waals surface area contributed by atoms with Crippen LogP contribution in [0.25, 0.3) is 85.4 Å². The first-order valence-corrected chi connectivity index (χ1v) is 17.3. The molecule has 0 unspecified atom stereocenters. The maximum atomic E-state index is 5.82. The zero-order chi connectivity index (χ0) is 34.9. The van der Waals surface area contributed by atoms with Crippen LogP contribution in [-0.4, -0.2) is 41.4 Å². The summed E-state index contributed by atoms with van der Waals surface area (Å²) in [6.45, 7) is 0.662. The van der Waals surface area contributed by atoms with Crippen LogP contribution in [0.15, 0.2) is 122 Å². The summed E-state index contributed by atoms with van der Waals surface area (Å²) in [4.78, 5) is 31.1. The second kappa shape index (κ2) is 13.5. The minimum atomic E-state index is 0.662. The van der Waals surface area contributed by atoms with Crippen molar-refractivity contribution < 1.29 is 4.57 Å². The van der Waals surface area contributed by atoms with Gasteiger partial charge in [0.1, 0.15) is 11.2 Å². The van der Waals surface area contributed by atoms with Crippen LogP contribution >= 0.6 is 0 Å². The Hall–Kier alpha value is -6.84. The number of aromatic amines is 2. The topological polar surface area (TPSA) is 126 Å². The first-order chi connectivity index (χ1) is 25.7. The average Bonchev–Trinajstić information content (AvgIpc) is 4.04. The molecular weight excluding hydrogens is 643 g/mol. The van der Waals surface area contributed by atoms with Crippen molar-refractivity contribution in [2.45, 2.75) is 12.8 Å². The lowest BCUT2D eigenvalue weighted by molar-refractivity contribution is -0.594. The third-order valence-electron chi connectivity index (χ3n) is 9.46. The molecule has 9 heterocycles. The van der Waals surface area contributed by atoms with E-state index >= 15 is 0 Å². The fourth-order valence-electron chi connectivity index (χ4n) is 7.01. The highest BCUT2D eigenvalue weighted by Gasteiger charge is 2.21. The first kappa shape index (κ1) is 31.2. The summed E-state index contributed by atoms with van der Waals surface area (Å²) in [6, 6.07) is 24.9. The molecule has 9 nitrogen and oxygen atoms in total. The Balaban J connectivity index is 1.43. The number of aromatic nitrogens is 8. The van der Waals surface area contributed by atoms with E-state index < -0.39 is 0 Å². The number of H-pyrrole nitrogens is 2. The highest BCUT2D eigenvalue weighted by molar-refractivity contribution is 5.98. The minimum absolute atomic E-state index is 0.662. The largest absolute Gasteiger partial charge is 0.354 e. The second-order valence-corrected chi connectivity index (χ2v) is 12.7. The first-order valence-electron chi connectivity index (χ1n) is 17.3. The second-order valence-electron chi connectivity index (χ2n) is 12.7. The molecule has 52 heavy (non-hydrogen) atoms. The highest BCUT2D eigenvalue weighted by Crippen LogP contribution is 2.36. The van der Waals surface area contributed by atoms with Crippen molar-refractivity contribution >= 4 is 46.4 Å². The van der Waals surface area contributed by atoms with Crippen molar-refractivity contribution in [3.8, 4) is 39.1 Å². The number of rotatable bonds is 7. The van der Waals surface area contributed by atoms with Gasteiger partial charge in [-0.2, -0.15) is 4.57 Å². The smallest absolute Gasteiger partial charge is 0.260 e. The lowest BCUT2D eigenvalue weighted by atomic mass is 10.1.